The molecule has 128 valence electrons. The summed E-state index contributed by atoms with van der Waals surface area (Å²) in [5.74, 6) is 0.315. The minimum Gasteiger partial charge on any atom is -0.497 e. The Morgan fingerprint density at radius 2 is 1.62 bits per heavy atom. The molecule has 0 atom stereocenters. The SMILES string of the molecule is COc1ccc(-n2c(-c3ccccc3)cc(=O)c3cc(F)ccc32)cc1. The largest absolute Gasteiger partial charge is 0.497 e. The molecule has 0 saturated carbocycles. The maximum absolute atomic E-state index is 13.7. The van der Waals surface area contributed by atoms with Crippen LogP contribution in [0.4, 0.5) is 4.39 Å². The van der Waals surface area contributed by atoms with Crippen molar-refractivity contribution in [3.63, 3.8) is 0 Å². The van der Waals surface area contributed by atoms with Gasteiger partial charge in [0.05, 0.1) is 18.3 Å². The fourth-order valence-electron chi connectivity index (χ4n) is 3.13. The van der Waals surface area contributed by atoms with Crippen LogP contribution in [0.2, 0.25) is 0 Å². The summed E-state index contributed by atoms with van der Waals surface area (Å²) in [6.45, 7) is 0. The van der Waals surface area contributed by atoms with E-state index >= 15 is 0 Å². The summed E-state index contributed by atoms with van der Waals surface area (Å²) >= 11 is 0. The van der Waals surface area contributed by atoms with Crippen LogP contribution in [0.25, 0.3) is 27.8 Å². The fraction of sp³-hybridized carbons (Fsp3) is 0.0455. The molecule has 0 fully saturated rings. The first-order chi connectivity index (χ1) is 12.7. The van der Waals surface area contributed by atoms with Crippen LogP contribution in [0.15, 0.2) is 83.7 Å². The molecule has 4 heteroatoms. The van der Waals surface area contributed by atoms with Gasteiger partial charge in [-0.25, -0.2) is 4.39 Å². The van der Waals surface area contributed by atoms with Crippen LogP contribution >= 0.6 is 0 Å². The summed E-state index contributed by atoms with van der Waals surface area (Å²) in [5.41, 5.74) is 2.97. The van der Waals surface area contributed by atoms with Gasteiger partial charge in [0.2, 0.25) is 0 Å². The molecule has 4 rings (SSSR count). The third-order valence-electron chi connectivity index (χ3n) is 4.37. The normalized spacial score (nSPS) is 10.8. The topological polar surface area (TPSA) is 31.2 Å². The Labute approximate surface area is 149 Å². The van der Waals surface area contributed by atoms with Gasteiger partial charge >= 0.3 is 0 Å². The van der Waals surface area contributed by atoms with Gasteiger partial charge in [-0.15, -0.1) is 0 Å². The Kier molecular flexibility index (Phi) is 4.01. The zero-order valence-corrected chi connectivity index (χ0v) is 14.1. The van der Waals surface area contributed by atoms with Gasteiger partial charge in [-0.3, -0.25) is 4.79 Å². The van der Waals surface area contributed by atoms with Crippen molar-refractivity contribution < 1.29 is 9.13 Å². The summed E-state index contributed by atoms with van der Waals surface area (Å²) in [4.78, 5) is 12.6. The number of fused-ring (bicyclic) bond motifs is 1. The molecule has 1 heterocycles. The average molecular weight is 345 g/mol. The Bertz CT molecular complexity index is 1130. The monoisotopic (exact) mass is 345 g/mol. The summed E-state index contributed by atoms with van der Waals surface area (Å²) in [6.07, 6.45) is 0. The second-order valence-corrected chi connectivity index (χ2v) is 5.95. The van der Waals surface area contributed by atoms with Crippen molar-refractivity contribution in [2.45, 2.75) is 0 Å². The zero-order valence-electron chi connectivity index (χ0n) is 14.1. The molecule has 0 bridgehead atoms. The molecule has 26 heavy (non-hydrogen) atoms. The van der Waals surface area contributed by atoms with Crippen LogP contribution < -0.4 is 10.2 Å². The van der Waals surface area contributed by atoms with Crippen LogP contribution in [0.1, 0.15) is 0 Å². The number of nitrogens with zero attached hydrogens (tertiary/aromatic N) is 1. The van der Waals surface area contributed by atoms with E-state index in [4.69, 9.17) is 4.74 Å². The molecule has 0 unspecified atom stereocenters. The third kappa shape index (κ3) is 2.75. The van der Waals surface area contributed by atoms with Gasteiger partial charge in [0, 0.05) is 17.1 Å². The molecule has 0 spiro atoms. The quantitative estimate of drug-likeness (QED) is 0.534. The lowest BCUT2D eigenvalue weighted by atomic mass is 10.1. The number of aromatic nitrogens is 1. The molecule has 0 aliphatic rings. The summed E-state index contributed by atoms with van der Waals surface area (Å²) in [7, 11) is 1.61. The van der Waals surface area contributed by atoms with Crippen LogP contribution in [-0.2, 0) is 0 Å². The lowest BCUT2D eigenvalue weighted by Crippen LogP contribution is -2.11. The molecule has 0 N–H and O–H groups in total. The first-order valence-electron chi connectivity index (χ1n) is 8.22. The van der Waals surface area contributed by atoms with Gasteiger partial charge in [-0.2, -0.15) is 0 Å². The van der Waals surface area contributed by atoms with Gasteiger partial charge in [0.1, 0.15) is 11.6 Å². The Balaban J connectivity index is 2.09. The van der Waals surface area contributed by atoms with Crippen LogP contribution in [0.3, 0.4) is 0 Å². The molecule has 0 aliphatic heterocycles. The Hall–Kier alpha value is -3.40. The lowest BCUT2D eigenvalue weighted by molar-refractivity contribution is 0.415. The molecule has 0 saturated heterocycles. The first kappa shape index (κ1) is 16.1. The van der Waals surface area contributed by atoms with Crippen molar-refractivity contribution in [3.05, 3.63) is 94.9 Å². The maximum Gasteiger partial charge on any atom is 0.190 e. The van der Waals surface area contributed by atoms with E-state index in [1.807, 2.05) is 59.2 Å². The van der Waals surface area contributed by atoms with Gasteiger partial charge in [-0.1, -0.05) is 30.3 Å². The van der Waals surface area contributed by atoms with Gasteiger partial charge in [-0.05, 0) is 48.0 Å². The molecule has 0 radical (unpaired) electrons. The smallest absolute Gasteiger partial charge is 0.190 e. The van der Waals surface area contributed by atoms with Crippen molar-refractivity contribution in [3.8, 4) is 22.7 Å². The molecular weight excluding hydrogens is 329 g/mol. The number of pyridine rings is 1. The molecule has 0 aliphatic carbocycles. The number of rotatable bonds is 3. The molecular formula is C22H16FNO2. The molecule has 3 nitrogen and oxygen atoms in total. The maximum atomic E-state index is 13.7. The van der Waals surface area contributed by atoms with E-state index in [-0.39, 0.29) is 5.43 Å². The number of methoxy groups -OCH3 is 1. The number of halogens is 1. The van der Waals surface area contributed by atoms with E-state index in [2.05, 4.69) is 0 Å². The Morgan fingerprint density at radius 3 is 2.31 bits per heavy atom. The number of ether oxygens (including phenoxy) is 1. The van der Waals surface area contributed by atoms with Crippen molar-refractivity contribution in [1.82, 2.24) is 4.57 Å². The fourth-order valence-corrected chi connectivity index (χ4v) is 3.13. The van der Waals surface area contributed by atoms with E-state index in [0.717, 1.165) is 22.7 Å². The predicted molar refractivity (Wildman–Crippen MR) is 101 cm³/mol. The number of benzene rings is 3. The van der Waals surface area contributed by atoms with E-state index in [1.165, 1.54) is 12.1 Å². The second kappa shape index (κ2) is 6.48. The van der Waals surface area contributed by atoms with E-state index < -0.39 is 5.82 Å². The number of hydrogen-bond acceptors (Lipinski definition) is 2. The first-order valence-corrected chi connectivity index (χ1v) is 8.22. The van der Waals surface area contributed by atoms with Crippen molar-refractivity contribution in [2.24, 2.45) is 0 Å². The second-order valence-electron chi connectivity index (χ2n) is 5.95. The standard InChI is InChI=1S/C22H16FNO2/c1-26-18-10-8-17(9-11-18)24-20-12-7-16(23)13-19(20)22(25)14-21(24)15-5-3-2-4-6-15/h2-14H,1H3. The summed E-state index contributed by atoms with van der Waals surface area (Å²) < 4.78 is 20.9. The molecule has 3 aromatic carbocycles. The molecule has 0 amide bonds. The summed E-state index contributed by atoms with van der Waals surface area (Å²) in [5, 5.41) is 0.348. The van der Waals surface area contributed by atoms with Crippen LogP contribution in [-0.4, -0.2) is 11.7 Å². The zero-order chi connectivity index (χ0) is 18.1. The highest BCUT2D eigenvalue weighted by Crippen LogP contribution is 2.28. The van der Waals surface area contributed by atoms with Crippen LogP contribution in [0, 0.1) is 5.82 Å². The van der Waals surface area contributed by atoms with E-state index in [1.54, 1.807) is 19.2 Å². The molecule has 1 aromatic heterocycles. The van der Waals surface area contributed by atoms with Crippen molar-refractivity contribution in [1.29, 1.82) is 0 Å². The third-order valence-corrected chi connectivity index (χ3v) is 4.37. The molecule has 4 aromatic rings. The van der Waals surface area contributed by atoms with Crippen molar-refractivity contribution in [2.75, 3.05) is 7.11 Å². The van der Waals surface area contributed by atoms with Crippen molar-refractivity contribution >= 4 is 10.9 Å². The van der Waals surface area contributed by atoms with Gasteiger partial charge in [0.15, 0.2) is 5.43 Å². The van der Waals surface area contributed by atoms with Gasteiger partial charge < -0.3 is 9.30 Å². The highest BCUT2D eigenvalue weighted by molar-refractivity contribution is 5.85. The average Bonchev–Trinajstić information content (AvgIpc) is 2.69. The Morgan fingerprint density at radius 1 is 0.885 bits per heavy atom. The highest BCUT2D eigenvalue weighted by Gasteiger charge is 2.13. The van der Waals surface area contributed by atoms with Gasteiger partial charge in [0.25, 0.3) is 0 Å². The predicted octanol–water partition coefficient (Wildman–Crippen LogP) is 4.81. The minimum absolute atomic E-state index is 0.205. The summed E-state index contributed by atoms with van der Waals surface area (Å²) in [6, 6.07) is 23.1. The lowest BCUT2D eigenvalue weighted by Gasteiger charge is -2.18. The van der Waals surface area contributed by atoms with E-state index in [0.29, 0.717) is 10.9 Å². The number of hydrogen-bond donors (Lipinski definition) is 0. The minimum atomic E-state index is -0.427. The highest BCUT2D eigenvalue weighted by atomic mass is 19.1. The van der Waals surface area contributed by atoms with E-state index in [9.17, 15) is 9.18 Å². The van der Waals surface area contributed by atoms with Crippen LogP contribution in [0.5, 0.6) is 5.75 Å².